The second-order valence-corrected chi connectivity index (χ2v) is 14.8. The molecule has 12 rings (SSSR count). The second-order valence-electron chi connectivity index (χ2n) is 13.8. The van der Waals surface area contributed by atoms with Gasteiger partial charge in [0.1, 0.15) is 4.83 Å². The smallest absolute Gasteiger partial charge is 0.236 e. The summed E-state index contributed by atoms with van der Waals surface area (Å²) in [5, 5.41) is 11.9. The summed E-state index contributed by atoms with van der Waals surface area (Å²) in [6.07, 6.45) is 0. The van der Waals surface area contributed by atoms with Crippen molar-refractivity contribution in [2.24, 2.45) is 0 Å². The molecule has 8 aromatic carbocycles. The summed E-state index contributed by atoms with van der Waals surface area (Å²) in [4.78, 5) is 11.9. The van der Waals surface area contributed by atoms with Gasteiger partial charge in [-0.3, -0.25) is 4.57 Å². The van der Waals surface area contributed by atoms with Crippen molar-refractivity contribution < 1.29 is 0 Å². The maximum Gasteiger partial charge on any atom is 0.236 e. The first kappa shape index (κ1) is 28.8. The molecule has 5 heteroatoms. The van der Waals surface area contributed by atoms with E-state index in [1.807, 2.05) is 0 Å². The van der Waals surface area contributed by atoms with Gasteiger partial charge < -0.3 is 4.57 Å². The molecule has 4 nitrogen and oxygen atoms in total. The maximum atomic E-state index is 5.54. The lowest BCUT2D eigenvalue weighted by Crippen LogP contribution is -2.02. The van der Waals surface area contributed by atoms with Crippen molar-refractivity contribution in [3.8, 4) is 22.9 Å². The average molecular weight is 693 g/mol. The number of para-hydroxylation sites is 2. The zero-order valence-electron chi connectivity index (χ0n) is 28.4. The molecule has 0 aliphatic carbocycles. The maximum absolute atomic E-state index is 5.54. The molecule has 4 heterocycles. The lowest BCUT2D eigenvalue weighted by molar-refractivity contribution is 1.02. The van der Waals surface area contributed by atoms with Gasteiger partial charge in [0.05, 0.1) is 33.4 Å². The molecule has 12 aromatic rings. The zero-order chi connectivity index (χ0) is 34.6. The minimum atomic E-state index is 0.672. The van der Waals surface area contributed by atoms with E-state index >= 15 is 0 Å². The van der Waals surface area contributed by atoms with E-state index in [0.717, 1.165) is 32.5 Å². The van der Waals surface area contributed by atoms with E-state index in [-0.39, 0.29) is 0 Å². The number of aromatic nitrogens is 4. The van der Waals surface area contributed by atoms with Crippen LogP contribution in [0.4, 0.5) is 0 Å². The summed E-state index contributed by atoms with van der Waals surface area (Å²) in [5.74, 6) is 0.672. The van der Waals surface area contributed by atoms with Gasteiger partial charge in [0.25, 0.3) is 0 Å². The molecule has 0 fully saturated rings. The van der Waals surface area contributed by atoms with E-state index in [4.69, 9.17) is 9.97 Å². The number of fused-ring (bicyclic) bond motifs is 12. The van der Waals surface area contributed by atoms with E-state index in [1.165, 1.54) is 69.9 Å². The van der Waals surface area contributed by atoms with Gasteiger partial charge in [-0.05, 0) is 52.6 Å². The Morgan fingerprint density at radius 1 is 0.415 bits per heavy atom. The fourth-order valence-electron chi connectivity index (χ4n) is 8.63. The summed E-state index contributed by atoms with van der Waals surface area (Å²) >= 11 is 1.73. The molecule has 0 radical (unpaired) electrons. The molecule has 246 valence electrons. The van der Waals surface area contributed by atoms with Crippen molar-refractivity contribution in [1.82, 2.24) is 19.1 Å². The predicted molar refractivity (Wildman–Crippen MR) is 224 cm³/mol. The Morgan fingerprint density at radius 2 is 1.09 bits per heavy atom. The third kappa shape index (κ3) is 4.05. The number of thiophene rings is 1. The van der Waals surface area contributed by atoms with Gasteiger partial charge in [-0.25, -0.2) is 9.97 Å². The van der Waals surface area contributed by atoms with Crippen LogP contribution >= 0.6 is 11.3 Å². The van der Waals surface area contributed by atoms with Gasteiger partial charge in [0.15, 0.2) is 0 Å². The Bertz CT molecular complexity index is 3470. The van der Waals surface area contributed by atoms with Gasteiger partial charge in [0, 0.05) is 48.0 Å². The monoisotopic (exact) mass is 692 g/mol. The van der Waals surface area contributed by atoms with E-state index < -0.39 is 0 Å². The Balaban J connectivity index is 1.23. The first-order valence-corrected chi connectivity index (χ1v) is 18.7. The Kier molecular flexibility index (Phi) is 5.90. The zero-order valence-corrected chi connectivity index (χ0v) is 29.2. The molecule has 0 unspecified atom stereocenters. The van der Waals surface area contributed by atoms with Crippen molar-refractivity contribution in [2.45, 2.75) is 0 Å². The van der Waals surface area contributed by atoms with Gasteiger partial charge >= 0.3 is 0 Å². The molecular weight excluding hydrogens is 665 g/mol. The lowest BCUT2D eigenvalue weighted by atomic mass is 10.0. The first-order chi connectivity index (χ1) is 26.3. The SMILES string of the molecule is c1ccc2cc(-c3nc(-n4c5ccccc5c5c4ccc4c6ccccc6n(-c6cccc7ccccc67)c45)nc4sc5ccccc5c34)ccc2c1. The van der Waals surface area contributed by atoms with Crippen LogP contribution in [0.3, 0.4) is 0 Å². The fourth-order valence-corrected chi connectivity index (χ4v) is 9.71. The van der Waals surface area contributed by atoms with Crippen LogP contribution in [0.5, 0.6) is 0 Å². The molecule has 4 aromatic heterocycles. The molecule has 53 heavy (non-hydrogen) atoms. The van der Waals surface area contributed by atoms with Crippen LogP contribution < -0.4 is 0 Å². The lowest BCUT2D eigenvalue weighted by Gasteiger charge is -2.13. The Labute approximate surface area is 307 Å². The van der Waals surface area contributed by atoms with E-state index in [1.54, 1.807) is 11.3 Å². The standard InChI is InChI=1S/C48H28N4S/c1-2-14-31-28-32(25-24-29(31)12-1)45-44-37-19-7-10-23-42(37)53-47(44)50-48(49-45)52-40-21-9-6-18-36(40)43-41(52)27-26-35-34-17-5-8-20-39(34)51(46(35)43)38-22-11-15-30-13-3-4-16-33(30)38/h1-28H. The molecule has 0 atom stereocenters. The van der Waals surface area contributed by atoms with Crippen LogP contribution in [0.1, 0.15) is 0 Å². The largest absolute Gasteiger partial charge is 0.308 e. The normalized spacial score (nSPS) is 12.2. The van der Waals surface area contributed by atoms with Crippen molar-refractivity contribution in [2.75, 3.05) is 0 Å². The number of nitrogens with zero attached hydrogens (tertiary/aromatic N) is 4. The highest BCUT2D eigenvalue weighted by molar-refractivity contribution is 7.25. The van der Waals surface area contributed by atoms with Crippen LogP contribution in [-0.2, 0) is 0 Å². The van der Waals surface area contributed by atoms with Gasteiger partial charge in [0.2, 0.25) is 5.95 Å². The minimum Gasteiger partial charge on any atom is -0.308 e. The van der Waals surface area contributed by atoms with E-state index in [9.17, 15) is 0 Å². The summed E-state index contributed by atoms with van der Waals surface area (Å²) in [5.41, 5.74) is 7.73. The number of hydrogen-bond acceptors (Lipinski definition) is 3. The van der Waals surface area contributed by atoms with Crippen molar-refractivity contribution in [3.05, 3.63) is 170 Å². The van der Waals surface area contributed by atoms with Crippen LogP contribution in [0, 0.1) is 0 Å². The number of benzene rings is 8. The van der Waals surface area contributed by atoms with Gasteiger partial charge in [-0.1, -0.05) is 133 Å². The predicted octanol–water partition coefficient (Wildman–Crippen LogP) is 13.0. The molecule has 0 saturated heterocycles. The summed E-state index contributed by atoms with van der Waals surface area (Å²) in [6.45, 7) is 0. The molecule has 0 saturated carbocycles. The topological polar surface area (TPSA) is 35.6 Å². The molecular formula is C48H28N4S. The molecule has 0 aliphatic heterocycles. The highest BCUT2D eigenvalue weighted by Crippen LogP contribution is 2.44. The first-order valence-electron chi connectivity index (χ1n) is 17.9. The van der Waals surface area contributed by atoms with Gasteiger partial charge in [-0.15, -0.1) is 11.3 Å². The number of hydrogen-bond donors (Lipinski definition) is 0. The molecule has 0 bridgehead atoms. The summed E-state index contributed by atoms with van der Waals surface area (Å²) < 4.78 is 5.96. The van der Waals surface area contributed by atoms with Crippen LogP contribution in [-0.4, -0.2) is 19.1 Å². The van der Waals surface area contributed by atoms with Crippen LogP contribution in [0.2, 0.25) is 0 Å². The summed E-state index contributed by atoms with van der Waals surface area (Å²) in [6, 6.07) is 61.2. The molecule has 0 N–H and O–H groups in total. The van der Waals surface area contributed by atoms with Crippen molar-refractivity contribution in [1.29, 1.82) is 0 Å². The second kappa shape index (κ2) is 10.8. The summed E-state index contributed by atoms with van der Waals surface area (Å²) in [7, 11) is 0. The third-order valence-electron chi connectivity index (χ3n) is 10.9. The Hall–Kier alpha value is -6.82. The van der Waals surface area contributed by atoms with E-state index in [0.29, 0.717) is 5.95 Å². The minimum absolute atomic E-state index is 0.672. The Morgan fingerprint density at radius 3 is 1.96 bits per heavy atom. The number of rotatable bonds is 3. The van der Waals surface area contributed by atoms with Crippen LogP contribution in [0.15, 0.2) is 170 Å². The quantitative estimate of drug-likeness (QED) is 0.185. The van der Waals surface area contributed by atoms with Crippen LogP contribution in [0.25, 0.3) is 108 Å². The fraction of sp³-hybridized carbons (Fsp3) is 0. The average Bonchev–Trinajstić information content (AvgIpc) is 3.88. The highest BCUT2D eigenvalue weighted by Gasteiger charge is 2.24. The highest BCUT2D eigenvalue weighted by atomic mass is 32.1. The van der Waals surface area contributed by atoms with Gasteiger partial charge in [-0.2, -0.15) is 0 Å². The van der Waals surface area contributed by atoms with Crippen molar-refractivity contribution in [3.63, 3.8) is 0 Å². The third-order valence-corrected chi connectivity index (χ3v) is 12.0. The molecule has 0 amide bonds. The van der Waals surface area contributed by atoms with Crippen molar-refractivity contribution >= 4 is 96.8 Å². The molecule has 0 spiro atoms. The van der Waals surface area contributed by atoms with E-state index in [2.05, 4.69) is 179 Å². The molecule has 0 aliphatic rings.